The second-order valence-corrected chi connectivity index (χ2v) is 5.08. The lowest BCUT2D eigenvalue weighted by Crippen LogP contribution is -2.24. The Balaban J connectivity index is 2.16. The van der Waals surface area contributed by atoms with Crippen LogP contribution in [0.2, 0.25) is 0 Å². The molecule has 1 aliphatic heterocycles. The van der Waals surface area contributed by atoms with Crippen molar-refractivity contribution in [2.75, 3.05) is 12.9 Å². The van der Waals surface area contributed by atoms with E-state index in [-0.39, 0.29) is 5.91 Å². The van der Waals surface area contributed by atoms with Crippen molar-refractivity contribution in [3.63, 3.8) is 0 Å². The Bertz CT molecular complexity index is 602. The van der Waals surface area contributed by atoms with Crippen molar-refractivity contribution in [1.29, 1.82) is 5.26 Å². The van der Waals surface area contributed by atoms with E-state index >= 15 is 0 Å². The lowest BCUT2D eigenvalue weighted by Gasteiger charge is -2.16. The zero-order chi connectivity index (χ0) is 14.5. The molecule has 102 valence electrons. The number of nitriles is 1. The van der Waals surface area contributed by atoms with E-state index in [0.717, 1.165) is 5.56 Å². The van der Waals surface area contributed by atoms with Gasteiger partial charge >= 0.3 is 5.97 Å². The average molecular weight is 288 g/mol. The molecule has 20 heavy (non-hydrogen) atoms. The van der Waals surface area contributed by atoms with Crippen molar-refractivity contribution in [2.45, 2.75) is 6.54 Å². The molecule has 1 aromatic rings. The summed E-state index contributed by atoms with van der Waals surface area (Å²) in [7, 11) is 1.30. The summed E-state index contributed by atoms with van der Waals surface area (Å²) in [5, 5.41) is 9.33. The summed E-state index contributed by atoms with van der Waals surface area (Å²) in [5.41, 5.74) is 1.47. The van der Waals surface area contributed by atoms with Crippen LogP contribution in [0, 0.1) is 11.3 Å². The zero-order valence-electron chi connectivity index (χ0n) is 10.8. The summed E-state index contributed by atoms with van der Waals surface area (Å²) >= 11 is 1.31. The SMILES string of the molecule is COC(=O)C=C1SCC(=O)N1Cc1ccc(C#N)cc1. The van der Waals surface area contributed by atoms with Gasteiger partial charge in [0.25, 0.3) is 0 Å². The third-order valence-corrected chi connectivity index (χ3v) is 3.80. The van der Waals surface area contributed by atoms with Crippen LogP contribution in [0.15, 0.2) is 35.4 Å². The van der Waals surface area contributed by atoms with E-state index in [1.807, 2.05) is 6.07 Å². The number of hydrogen-bond donors (Lipinski definition) is 0. The number of ether oxygens (including phenoxy) is 1. The van der Waals surface area contributed by atoms with Gasteiger partial charge in [-0.2, -0.15) is 5.26 Å². The largest absolute Gasteiger partial charge is 0.466 e. The molecule has 1 heterocycles. The van der Waals surface area contributed by atoms with Gasteiger partial charge in [-0.25, -0.2) is 4.79 Å². The van der Waals surface area contributed by atoms with Crippen LogP contribution in [0.4, 0.5) is 0 Å². The fraction of sp³-hybridized carbons (Fsp3) is 0.214. The lowest BCUT2D eigenvalue weighted by molar-refractivity contribution is -0.134. The average Bonchev–Trinajstić information content (AvgIpc) is 2.81. The third-order valence-electron chi connectivity index (χ3n) is 2.78. The molecule has 0 aliphatic carbocycles. The van der Waals surface area contributed by atoms with Crippen molar-refractivity contribution in [1.82, 2.24) is 4.90 Å². The van der Waals surface area contributed by atoms with Gasteiger partial charge in [0, 0.05) is 0 Å². The summed E-state index contributed by atoms with van der Waals surface area (Å²) in [6.07, 6.45) is 1.32. The van der Waals surface area contributed by atoms with Crippen LogP contribution in [0.5, 0.6) is 0 Å². The molecule has 0 aromatic heterocycles. The Morgan fingerprint density at radius 1 is 1.50 bits per heavy atom. The summed E-state index contributed by atoms with van der Waals surface area (Å²) in [6, 6.07) is 9.04. The molecule has 0 bridgehead atoms. The monoisotopic (exact) mass is 288 g/mol. The summed E-state index contributed by atoms with van der Waals surface area (Å²) in [6.45, 7) is 0.375. The Hall–Kier alpha value is -2.26. The molecule has 0 atom stereocenters. The van der Waals surface area contributed by atoms with Crippen LogP contribution in [-0.2, 0) is 20.9 Å². The summed E-state index contributed by atoms with van der Waals surface area (Å²) in [4.78, 5) is 24.7. The van der Waals surface area contributed by atoms with Gasteiger partial charge in [-0.3, -0.25) is 4.79 Å². The van der Waals surface area contributed by atoms with E-state index in [0.29, 0.717) is 22.9 Å². The van der Waals surface area contributed by atoms with Crippen LogP contribution < -0.4 is 0 Å². The number of carbonyl (C=O) groups excluding carboxylic acids is 2. The number of rotatable bonds is 3. The maximum absolute atomic E-state index is 11.8. The minimum absolute atomic E-state index is 0.0467. The topological polar surface area (TPSA) is 70.4 Å². The number of hydrogen-bond acceptors (Lipinski definition) is 5. The Labute approximate surface area is 120 Å². The molecule has 1 amide bonds. The maximum atomic E-state index is 11.8. The van der Waals surface area contributed by atoms with Crippen molar-refractivity contribution in [3.05, 3.63) is 46.5 Å². The lowest BCUT2D eigenvalue weighted by atomic mass is 10.1. The van der Waals surface area contributed by atoms with E-state index in [4.69, 9.17) is 5.26 Å². The molecule has 0 unspecified atom stereocenters. The molecular formula is C14H12N2O3S. The van der Waals surface area contributed by atoms with E-state index in [9.17, 15) is 9.59 Å². The highest BCUT2D eigenvalue weighted by molar-refractivity contribution is 8.04. The van der Waals surface area contributed by atoms with Gasteiger partial charge in [-0.15, -0.1) is 0 Å². The number of thioether (sulfide) groups is 1. The number of esters is 1. The van der Waals surface area contributed by atoms with E-state index < -0.39 is 5.97 Å². The molecule has 1 saturated heterocycles. The Morgan fingerprint density at radius 2 is 2.20 bits per heavy atom. The second-order valence-electron chi connectivity index (χ2n) is 4.08. The minimum atomic E-state index is -0.480. The molecule has 1 aliphatic rings. The molecule has 0 radical (unpaired) electrons. The van der Waals surface area contributed by atoms with E-state index in [2.05, 4.69) is 4.74 Å². The first-order valence-corrected chi connectivity index (χ1v) is 6.84. The fourth-order valence-electron chi connectivity index (χ4n) is 1.73. The highest BCUT2D eigenvalue weighted by atomic mass is 32.2. The van der Waals surface area contributed by atoms with Crippen LogP contribution in [-0.4, -0.2) is 29.6 Å². The van der Waals surface area contributed by atoms with Gasteiger partial charge in [-0.1, -0.05) is 23.9 Å². The number of amides is 1. The molecular weight excluding hydrogens is 276 g/mol. The molecule has 1 fully saturated rings. The number of benzene rings is 1. The van der Waals surface area contributed by atoms with E-state index in [1.54, 1.807) is 29.2 Å². The highest BCUT2D eigenvalue weighted by Gasteiger charge is 2.27. The molecule has 0 saturated carbocycles. The zero-order valence-corrected chi connectivity index (χ0v) is 11.6. The number of carbonyl (C=O) groups is 2. The van der Waals surface area contributed by atoms with Gasteiger partial charge in [0.2, 0.25) is 5.91 Å². The molecule has 0 N–H and O–H groups in total. The quantitative estimate of drug-likeness (QED) is 0.624. The Kier molecular flexibility index (Phi) is 4.43. The van der Waals surface area contributed by atoms with Crippen molar-refractivity contribution >= 4 is 23.6 Å². The predicted molar refractivity (Wildman–Crippen MR) is 74.3 cm³/mol. The molecule has 0 spiro atoms. The standard InChI is InChI=1S/C14H12N2O3S/c1-19-14(18)6-13-16(12(17)9-20-13)8-11-4-2-10(7-15)3-5-11/h2-6H,8-9H2,1H3. The van der Waals surface area contributed by atoms with Crippen molar-refractivity contribution in [3.8, 4) is 6.07 Å². The highest BCUT2D eigenvalue weighted by Crippen LogP contribution is 2.30. The normalized spacial score (nSPS) is 16.3. The summed E-state index contributed by atoms with van der Waals surface area (Å²) < 4.78 is 4.57. The maximum Gasteiger partial charge on any atom is 0.333 e. The summed E-state index contributed by atoms with van der Waals surface area (Å²) in [5.74, 6) is -0.208. The van der Waals surface area contributed by atoms with Gasteiger partial charge in [0.05, 0.1) is 42.1 Å². The Morgan fingerprint density at radius 3 is 2.80 bits per heavy atom. The van der Waals surface area contributed by atoms with Gasteiger partial charge in [0.15, 0.2) is 0 Å². The first-order chi connectivity index (χ1) is 9.63. The minimum Gasteiger partial charge on any atom is -0.466 e. The van der Waals surface area contributed by atoms with Crippen LogP contribution >= 0.6 is 11.8 Å². The number of methoxy groups -OCH3 is 1. The molecule has 2 rings (SSSR count). The molecule has 1 aromatic carbocycles. The van der Waals surface area contributed by atoms with Crippen molar-refractivity contribution in [2.24, 2.45) is 0 Å². The van der Waals surface area contributed by atoms with E-state index in [1.165, 1.54) is 24.9 Å². The number of nitrogens with zero attached hydrogens (tertiary/aromatic N) is 2. The van der Waals surface area contributed by atoms with Crippen LogP contribution in [0.1, 0.15) is 11.1 Å². The molecule has 5 nitrogen and oxygen atoms in total. The fourth-order valence-corrected chi connectivity index (χ4v) is 2.66. The van der Waals surface area contributed by atoms with Crippen molar-refractivity contribution < 1.29 is 14.3 Å². The second kappa shape index (κ2) is 6.26. The predicted octanol–water partition coefficient (Wildman–Crippen LogP) is 1.65. The van der Waals surface area contributed by atoms with Gasteiger partial charge in [0.1, 0.15) is 0 Å². The van der Waals surface area contributed by atoms with Crippen LogP contribution in [0.25, 0.3) is 0 Å². The first-order valence-electron chi connectivity index (χ1n) is 5.86. The smallest absolute Gasteiger partial charge is 0.333 e. The van der Waals surface area contributed by atoms with Gasteiger partial charge < -0.3 is 9.64 Å². The van der Waals surface area contributed by atoms with Crippen LogP contribution in [0.3, 0.4) is 0 Å². The first kappa shape index (κ1) is 14.2. The molecule has 6 heteroatoms. The third kappa shape index (κ3) is 3.19. The van der Waals surface area contributed by atoms with Gasteiger partial charge in [-0.05, 0) is 17.7 Å².